The van der Waals surface area contributed by atoms with Gasteiger partial charge < -0.3 is 5.32 Å². The van der Waals surface area contributed by atoms with Crippen LogP contribution in [-0.2, 0) is 0 Å². The summed E-state index contributed by atoms with van der Waals surface area (Å²) in [6.07, 6.45) is 10.8. The van der Waals surface area contributed by atoms with Crippen LogP contribution < -0.4 is 5.32 Å². The standard InChI is InChI=1S/C19H15NO/c1-5-15-7-8-18(12-16(15)6-2)20-19(21)17-10-13(3)9-14(4)11-17/h1-2,7-12H,3-4H3,(H,20,21). The van der Waals surface area contributed by atoms with Crippen molar-refractivity contribution in [1.82, 2.24) is 0 Å². The first-order chi connectivity index (χ1) is 10.0. The molecule has 2 aromatic carbocycles. The molecule has 0 bridgehead atoms. The van der Waals surface area contributed by atoms with Crippen LogP contribution in [0.25, 0.3) is 0 Å². The summed E-state index contributed by atoms with van der Waals surface area (Å²) in [5.41, 5.74) is 4.58. The molecule has 1 N–H and O–H groups in total. The second-order valence-corrected chi connectivity index (χ2v) is 4.88. The Balaban J connectivity index is 2.28. The van der Waals surface area contributed by atoms with Gasteiger partial charge in [0.05, 0.1) is 0 Å². The van der Waals surface area contributed by atoms with E-state index in [0.29, 0.717) is 22.4 Å². The zero-order valence-corrected chi connectivity index (χ0v) is 12.0. The number of benzene rings is 2. The zero-order valence-electron chi connectivity index (χ0n) is 12.0. The predicted octanol–water partition coefficient (Wildman–Crippen LogP) is 3.52. The number of anilines is 1. The molecule has 2 nitrogen and oxygen atoms in total. The van der Waals surface area contributed by atoms with Crippen LogP contribution in [-0.4, -0.2) is 5.91 Å². The summed E-state index contributed by atoms with van der Waals surface area (Å²) in [6, 6.07) is 10.9. The Morgan fingerprint density at radius 2 is 1.57 bits per heavy atom. The van der Waals surface area contributed by atoms with Crippen molar-refractivity contribution in [2.24, 2.45) is 0 Å². The lowest BCUT2D eigenvalue weighted by molar-refractivity contribution is 0.102. The molecule has 2 aromatic rings. The van der Waals surface area contributed by atoms with E-state index < -0.39 is 0 Å². The van der Waals surface area contributed by atoms with Crippen LogP contribution in [0.3, 0.4) is 0 Å². The number of hydrogen-bond donors (Lipinski definition) is 1. The van der Waals surface area contributed by atoms with E-state index in [2.05, 4.69) is 17.2 Å². The molecule has 21 heavy (non-hydrogen) atoms. The number of rotatable bonds is 2. The quantitative estimate of drug-likeness (QED) is 0.833. The number of carbonyl (C=O) groups is 1. The van der Waals surface area contributed by atoms with Gasteiger partial charge in [-0.15, -0.1) is 12.8 Å². The smallest absolute Gasteiger partial charge is 0.255 e. The highest BCUT2D eigenvalue weighted by Gasteiger charge is 2.08. The fourth-order valence-corrected chi connectivity index (χ4v) is 2.18. The third kappa shape index (κ3) is 3.32. The molecule has 102 valence electrons. The minimum atomic E-state index is -0.168. The van der Waals surface area contributed by atoms with Crippen molar-refractivity contribution in [1.29, 1.82) is 0 Å². The fraction of sp³-hybridized carbons (Fsp3) is 0.105. The van der Waals surface area contributed by atoms with Gasteiger partial charge in [-0.1, -0.05) is 29.0 Å². The lowest BCUT2D eigenvalue weighted by Gasteiger charge is -2.08. The van der Waals surface area contributed by atoms with Gasteiger partial charge in [0.2, 0.25) is 0 Å². The maximum absolute atomic E-state index is 12.3. The first-order valence-electron chi connectivity index (χ1n) is 6.50. The fourth-order valence-electron chi connectivity index (χ4n) is 2.18. The maximum atomic E-state index is 12.3. The Hall–Kier alpha value is -2.97. The second kappa shape index (κ2) is 5.99. The van der Waals surface area contributed by atoms with E-state index in [1.807, 2.05) is 32.0 Å². The molecule has 0 aromatic heterocycles. The third-order valence-corrected chi connectivity index (χ3v) is 3.07. The molecule has 2 rings (SSSR count). The van der Waals surface area contributed by atoms with Crippen LogP contribution in [0.1, 0.15) is 32.6 Å². The van der Waals surface area contributed by atoms with Crippen molar-refractivity contribution in [3.8, 4) is 24.7 Å². The molecule has 0 fully saturated rings. The van der Waals surface area contributed by atoms with E-state index in [-0.39, 0.29) is 5.91 Å². The van der Waals surface area contributed by atoms with E-state index >= 15 is 0 Å². The molecule has 0 radical (unpaired) electrons. The monoisotopic (exact) mass is 273 g/mol. The first kappa shape index (κ1) is 14.4. The van der Waals surface area contributed by atoms with Crippen molar-refractivity contribution in [2.45, 2.75) is 13.8 Å². The summed E-state index contributed by atoms with van der Waals surface area (Å²) >= 11 is 0. The number of carbonyl (C=O) groups excluding carboxylic acids is 1. The Kier molecular flexibility index (Phi) is 4.12. The van der Waals surface area contributed by atoms with Crippen molar-refractivity contribution < 1.29 is 4.79 Å². The number of amides is 1. The third-order valence-electron chi connectivity index (χ3n) is 3.07. The van der Waals surface area contributed by atoms with Crippen LogP contribution in [0.5, 0.6) is 0 Å². The Morgan fingerprint density at radius 1 is 0.952 bits per heavy atom. The van der Waals surface area contributed by atoms with Gasteiger partial charge in [-0.2, -0.15) is 0 Å². The molecule has 0 saturated heterocycles. The van der Waals surface area contributed by atoms with Gasteiger partial charge in [0, 0.05) is 22.4 Å². The summed E-state index contributed by atoms with van der Waals surface area (Å²) in [5.74, 6) is 4.87. The summed E-state index contributed by atoms with van der Waals surface area (Å²) in [4.78, 5) is 12.3. The Bertz CT molecular complexity index is 768. The van der Waals surface area contributed by atoms with E-state index in [1.54, 1.807) is 18.2 Å². The van der Waals surface area contributed by atoms with Gasteiger partial charge in [0.15, 0.2) is 0 Å². The van der Waals surface area contributed by atoms with Crippen LogP contribution in [0.15, 0.2) is 36.4 Å². The Labute approximate surface area is 125 Å². The summed E-state index contributed by atoms with van der Waals surface area (Å²) < 4.78 is 0. The lowest BCUT2D eigenvalue weighted by Crippen LogP contribution is -2.12. The number of hydrogen-bond acceptors (Lipinski definition) is 1. The van der Waals surface area contributed by atoms with Crippen molar-refractivity contribution in [3.05, 3.63) is 64.2 Å². The molecule has 2 heteroatoms. The van der Waals surface area contributed by atoms with Gasteiger partial charge in [-0.05, 0) is 44.2 Å². The average Bonchev–Trinajstić information content (AvgIpc) is 2.46. The summed E-state index contributed by atoms with van der Waals surface area (Å²) in [5, 5.41) is 2.84. The van der Waals surface area contributed by atoms with E-state index in [4.69, 9.17) is 12.8 Å². The van der Waals surface area contributed by atoms with Gasteiger partial charge >= 0.3 is 0 Å². The van der Waals surface area contributed by atoms with Crippen molar-refractivity contribution >= 4 is 11.6 Å². The van der Waals surface area contributed by atoms with Crippen LogP contribution >= 0.6 is 0 Å². The molecule has 0 aliphatic rings. The van der Waals surface area contributed by atoms with E-state index in [1.165, 1.54) is 0 Å². The SMILES string of the molecule is C#Cc1ccc(NC(=O)c2cc(C)cc(C)c2)cc1C#C. The van der Waals surface area contributed by atoms with Gasteiger partial charge in [0.1, 0.15) is 0 Å². The molecule has 0 aliphatic heterocycles. The lowest BCUT2D eigenvalue weighted by atomic mass is 10.1. The van der Waals surface area contributed by atoms with Crippen LogP contribution in [0.4, 0.5) is 5.69 Å². The van der Waals surface area contributed by atoms with Crippen LogP contribution in [0.2, 0.25) is 0 Å². The topological polar surface area (TPSA) is 29.1 Å². The second-order valence-electron chi connectivity index (χ2n) is 4.88. The zero-order chi connectivity index (χ0) is 15.4. The minimum Gasteiger partial charge on any atom is -0.322 e. The summed E-state index contributed by atoms with van der Waals surface area (Å²) in [7, 11) is 0. The molecule has 0 aliphatic carbocycles. The highest BCUT2D eigenvalue weighted by atomic mass is 16.1. The molecule has 0 atom stereocenters. The van der Waals surface area contributed by atoms with Gasteiger partial charge in [-0.3, -0.25) is 4.79 Å². The van der Waals surface area contributed by atoms with E-state index in [9.17, 15) is 4.79 Å². The average molecular weight is 273 g/mol. The normalized spacial score (nSPS) is 9.52. The van der Waals surface area contributed by atoms with Gasteiger partial charge in [0.25, 0.3) is 5.91 Å². The largest absolute Gasteiger partial charge is 0.322 e. The molecular weight excluding hydrogens is 258 g/mol. The highest BCUT2D eigenvalue weighted by molar-refractivity contribution is 6.04. The van der Waals surface area contributed by atoms with Crippen molar-refractivity contribution in [3.63, 3.8) is 0 Å². The first-order valence-corrected chi connectivity index (χ1v) is 6.50. The highest BCUT2D eigenvalue weighted by Crippen LogP contribution is 2.16. The maximum Gasteiger partial charge on any atom is 0.255 e. The minimum absolute atomic E-state index is 0.168. The predicted molar refractivity (Wildman–Crippen MR) is 86.2 cm³/mol. The van der Waals surface area contributed by atoms with Crippen LogP contribution in [0, 0.1) is 38.5 Å². The number of nitrogens with one attached hydrogen (secondary N) is 1. The van der Waals surface area contributed by atoms with Crippen molar-refractivity contribution in [2.75, 3.05) is 5.32 Å². The molecule has 0 saturated carbocycles. The molecule has 0 unspecified atom stereocenters. The number of terminal acetylenes is 2. The molecule has 1 amide bonds. The molecular formula is C19H15NO. The molecule has 0 heterocycles. The van der Waals surface area contributed by atoms with E-state index in [0.717, 1.165) is 11.1 Å². The Morgan fingerprint density at radius 3 is 2.14 bits per heavy atom. The summed E-state index contributed by atoms with van der Waals surface area (Å²) in [6.45, 7) is 3.92. The van der Waals surface area contributed by atoms with Gasteiger partial charge in [-0.25, -0.2) is 0 Å². The molecule has 0 spiro atoms. The number of aryl methyl sites for hydroxylation is 2.